The summed E-state index contributed by atoms with van der Waals surface area (Å²) in [6, 6.07) is 29.3. The second-order valence-corrected chi connectivity index (χ2v) is 19.9. The second kappa shape index (κ2) is 11.7. The van der Waals surface area contributed by atoms with E-state index in [9.17, 15) is 16.8 Å². The fourth-order valence-electron chi connectivity index (χ4n) is 5.08. The minimum atomic E-state index is -3.74. The number of hydrogen-bond acceptors (Lipinski definition) is 5. The average Bonchev–Trinajstić information content (AvgIpc) is 2.96. The molecule has 45 heavy (non-hydrogen) atoms. The Kier molecular flexibility index (Phi) is 8.99. The Morgan fingerprint density at radius 3 is 1.22 bits per heavy atom. The van der Waals surface area contributed by atoms with Crippen LogP contribution in [-0.4, -0.2) is 26.3 Å². The number of ether oxygens (including phenoxy) is 1. The van der Waals surface area contributed by atoms with Crippen molar-refractivity contribution in [2.75, 3.05) is 0 Å². The molecule has 0 N–H and O–H groups in total. The Hall–Kier alpha value is -3.42. The maximum atomic E-state index is 14.1. The molecule has 240 valence electrons. The van der Waals surface area contributed by atoms with E-state index in [-0.39, 0.29) is 15.2 Å². The van der Waals surface area contributed by atoms with Crippen molar-refractivity contribution in [2.24, 2.45) is 0 Å². The monoisotopic (exact) mass is 646 g/mol. The average molecular weight is 647 g/mol. The van der Waals surface area contributed by atoms with Crippen LogP contribution in [0, 0.1) is 0 Å². The van der Waals surface area contributed by atoms with Crippen molar-refractivity contribution in [3.8, 4) is 22.6 Å². The van der Waals surface area contributed by atoms with Gasteiger partial charge in [-0.15, -0.1) is 0 Å². The van der Waals surface area contributed by atoms with Crippen LogP contribution in [0.3, 0.4) is 0 Å². The molecule has 0 radical (unpaired) electrons. The summed E-state index contributed by atoms with van der Waals surface area (Å²) in [4.78, 5) is 0.528. The topological polar surface area (TPSA) is 77.5 Å². The van der Waals surface area contributed by atoms with Gasteiger partial charge >= 0.3 is 0 Å². The van der Waals surface area contributed by atoms with Gasteiger partial charge in [0.2, 0.25) is 0 Å². The zero-order chi connectivity index (χ0) is 33.6. The van der Waals surface area contributed by atoms with E-state index in [1.807, 2.05) is 38.1 Å². The first-order valence-corrected chi connectivity index (χ1v) is 18.1. The highest BCUT2D eigenvalue weighted by Crippen LogP contribution is 2.44. The predicted octanol–water partition coefficient (Wildman–Crippen LogP) is 9.55. The number of benzene rings is 4. The van der Waals surface area contributed by atoms with Crippen molar-refractivity contribution in [1.29, 1.82) is 0 Å². The zero-order valence-electron chi connectivity index (χ0n) is 28.1. The molecule has 0 aliphatic rings. The van der Waals surface area contributed by atoms with Crippen molar-refractivity contribution in [3.63, 3.8) is 0 Å². The number of hydrogen-bond donors (Lipinski definition) is 0. The SMILES string of the molecule is CC(C)(C)c1ccc(-c2ccc(S(=O)(=O)C(C)(C)C(C)(C)c3ccc(Oc4ccc(S(=O)(=O)C(C)(C)C)cc4)cc3)cc2)cc1. The fourth-order valence-corrected chi connectivity index (χ4v) is 8.16. The van der Waals surface area contributed by atoms with E-state index in [1.54, 1.807) is 83.1 Å². The van der Waals surface area contributed by atoms with Crippen LogP contribution in [0.25, 0.3) is 11.1 Å². The molecule has 0 unspecified atom stereocenters. The van der Waals surface area contributed by atoms with Gasteiger partial charge in [-0.2, -0.15) is 0 Å². The quantitative estimate of drug-likeness (QED) is 0.191. The van der Waals surface area contributed by atoms with Crippen molar-refractivity contribution in [2.45, 2.75) is 99.4 Å². The smallest absolute Gasteiger partial charge is 0.184 e. The molecule has 0 aromatic heterocycles. The molecule has 0 bridgehead atoms. The third-order valence-electron chi connectivity index (χ3n) is 9.18. The van der Waals surface area contributed by atoms with Crippen LogP contribution in [0.4, 0.5) is 0 Å². The van der Waals surface area contributed by atoms with Gasteiger partial charge in [0, 0.05) is 5.41 Å². The molecule has 0 saturated heterocycles. The van der Waals surface area contributed by atoms with Gasteiger partial charge in [0.05, 0.1) is 19.3 Å². The van der Waals surface area contributed by atoms with Crippen molar-refractivity contribution in [1.82, 2.24) is 0 Å². The van der Waals surface area contributed by atoms with Crippen molar-refractivity contribution >= 4 is 19.7 Å². The summed E-state index contributed by atoms with van der Waals surface area (Å²) in [6.45, 7) is 19.0. The lowest BCUT2D eigenvalue weighted by Gasteiger charge is -2.41. The predicted molar refractivity (Wildman–Crippen MR) is 185 cm³/mol. The van der Waals surface area contributed by atoms with Gasteiger partial charge in [-0.1, -0.05) is 83.1 Å². The second-order valence-electron chi connectivity index (χ2n) is 14.7. The molecule has 4 rings (SSSR count). The third kappa shape index (κ3) is 6.61. The van der Waals surface area contributed by atoms with Crippen LogP contribution in [0.15, 0.2) is 107 Å². The molecule has 0 fully saturated rings. The maximum absolute atomic E-state index is 14.1. The lowest BCUT2D eigenvalue weighted by Crippen LogP contribution is -2.49. The van der Waals surface area contributed by atoms with E-state index in [0.717, 1.165) is 16.7 Å². The van der Waals surface area contributed by atoms with Gasteiger partial charge in [0.25, 0.3) is 0 Å². The molecule has 4 aromatic carbocycles. The van der Waals surface area contributed by atoms with Crippen molar-refractivity contribution in [3.05, 3.63) is 108 Å². The Morgan fingerprint density at radius 1 is 0.444 bits per heavy atom. The Bertz CT molecular complexity index is 1850. The molecule has 0 amide bonds. The van der Waals surface area contributed by atoms with Crippen LogP contribution < -0.4 is 4.74 Å². The molecule has 5 nitrogen and oxygen atoms in total. The first-order valence-electron chi connectivity index (χ1n) is 15.2. The molecule has 0 atom stereocenters. The highest BCUT2D eigenvalue weighted by molar-refractivity contribution is 7.93. The minimum Gasteiger partial charge on any atom is -0.457 e. The van der Waals surface area contributed by atoms with Crippen LogP contribution in [-0.2, 0) is 30.5 Å². The standard InChI is InChI=1S/C38H46O5S2/c1-35(2,3)29-15-11-27(12-16-29)28-13-23-34(24-14-28)45(41,42)38(9,10)37(7,8)30-17-19-31(20-18-30)43-32-21-25-33(26-22-32)44(39,40)36(4,5)6/h11-26H,1-10H3. The summed E-state index contributed by atoms with van der Waals surface area (Å²) in [6.07, 6.45) is 0. The molecule has 0 aliphatic carbocycles. The van der Waals surface area contributed by atoms with Crippen LogP contribution in [0.5, 0.6) is 11.5 Å². The van der Waals surface area contributed by atoms with Crippen LogP contribution in [0.2, 0.25) is 0 Å². The highest BCUT2D eigenvalue weighted by Gasteiger charge is 2.49. The normalized spacial score (nSPS) is 13.5. The molecule has 0 saturated carbocycles. The zero-order valence-corrected chi connectivity index (χ0v) is 29.7. The first kappa shape index (κ1) is 34.5. The summed E-state index contributed by atoms with van der Waals surface area (Å²) < 4.78 is 57.5. The first-order chi connectivity index (χ1) is 20.6. The summed E-state index contributed by atoms with van der Waals surface area (Å²) in [5.74, 6) is 1.07. The summed E-state index contributed by atoms with van der Waals surface area (Å²) >= 11 is 0. The molecule has 0 spiro atoms. The number of rotatable bonds is 8. The van der Waals surface area contributed by atoms with E-state index in [0.29, 0.717) is 11.5 Å². The summed E-state index contributed by atoms with van der Waals surface area (Å²) in [5, 5.41) is 0. The van der Waals surface area contributed by atoms with Gasteiger partial charge in [0.1, 0.15) is 11.5 Å². The van der Waals surface area contributed by atoms with E-state index >= 15 is 0 Å². The van der Waals surface area contributed by atoms with Crippen molar-refractivity contribution < 1.29 is 21.6 Å². The lowest BCUT2D eigenvalue weighted by atomic mass is 9.74. The van der Waals surface area contributed by atoms with E-state index < -0.39 is 34.6 Å². The Morgan fingerprint density at radius 2 is 0.800 bits per heavy atom. The van der Waals surface area contributed by atoms with Gasteiger partial charge in [-0.25, -0.2) is 16.8 Å². The summed E-state index contributed by atoms with van der Waals surface area (Å²) in [7, 11) is -7.20. The van der Waals surface area contributed by atoms with E-state index in [4.69, 9.17) is 4.74 Å². The molecule has 0 aliphatic heterocycles. The van der Waals surface area contributed by atoms with Crippen LogP contribution >= 0.6 is 0 Å². The Balaban J connectivity index is 1.52. The number of sulfone groups is 2. The molecule has 7 heteroatoms. The van der Waals surface area contributed by atoms with Gasteiger partial charge in [-0.3, -0.25) is 0 Å². The van der Waals surface area contributed by atoms with E-state index in [2.05, 4.69) is 45.0 Å². The van der Waals surface area contributed by atoms with Crippen LogP contribution in [0.1, 0.15) is 80.4 Å². The van der Waals surface area contributed by atoms with Gasteiger partial charge < -0.3 is 4.74 Å². The third-order valence-corrected chi connectivity index (χ3v) is 14.4. The lowest BCUT2D eigenvalue weighted by molar-refractivity contribution is 0.383. The maximum Gasteiger partial charge on any atom is 0.184 e. The van der Waals surface area contributed by atoms with Gasteiger partial charge in [-0.05, 0) is 111 Å². The molecular formula is C38H46O5S2. The molecule has 4 aromatic rings. The largest absolute Gasteiger partial charge is 0.457 e. The summed E-state index contributed by atoms with van der Waals surface area (Å²) in [5.41, 5.74) is 3.41. The Labute approximate surface area is 270 Å². The highest BCUT2D eigenvalue weighted by atomic mass is 32.2. The fraction of sp³-hybridized carbons (Fsp3) is 0.368. The minimum absolute atomic E-state index is 0.0632. The molecular weight excluding hydrogens is 601 g/mol. The van der Waals surface area contributed by atoms with E-state index in [1.165, 1.54) is 5.56 Å². The van der Waals surface area contributed by atoms with Gasteiger partial charge in [0.15, 0.2) is 19.7 Å². The molecule has 0 heterocycles.